The lowest BCUT2D eigenvalue weighted by molar-refractivity contribution is 0.0743. The molecule has 3 aromatic carbocycles. The van der Waals surface area contributed by atoms with Crippen molar-refractivity contribution in [3.63, 3.8) is 0 Å². The standard InChI is InChI=1S/C25H25FN2O5/c1-32-23-15-19(9-12-22(23)33-17-18-7-10-21(26)11-8-18)16-28(14-13-27-25(30)31)24(29)20-5-3-2-4-6-20/h2-12,15,27H,13-14,16-17H2,1H3,(H,30,31). The van der Waals surface area contributed by atoms with E-state index in [2.05, 4.69) is 5.32 Å². The Morgan fingerprint density at radius 1 is 0.970 bits per heavy atom. The highest BCUT2D eigenvalue weighted by Gasteiger charge is 2.17. The number of halogens is 1. The molecule has 2 amide bonds. The molecule has 33 heavy (non-hydrogen) atoms. The first-order chi connectivity index (χ1) is 16.0. The molecule has 0 spiro atoms. The molecular formula is C25H25FN2O5. The third kappa shape index (κ3) is 6.96. The van der Waals surface area contributed by atoms with Crippen molar-refractivity contribution in [3.05, 3.63) is 95.3 Å². The van der Waals surface area contributed by atoms with Gasteiger partial charge in [-0.25, -0.2) is 9.18 Å². The van der Waals surface area contributed by atoms with Gasteiger partial charge in [-0.2, -0.15) is 0 Å². The Bertz CT molecular complexity index is 1070. The van der Waals surface area contributed by atoms with E-state index >= 15 is 0 Å². The number of ether oxygens (including phenoxy) is 2. The van der Waals surface area contributed by atoms with Crippen LogP contribution in [0.1, 0.15) is 21.5 Å². The molecule has 3 aromatic rings. The van der Waals surface area contributed by atoms with E-state index in [9.17, 15) is 14.0 Å². The van der Waals surface area contributed by atoms with Crippen molar-refractivity contribution >= 4 is 12.0 Å². The Morgan fingerprint density at radius 2 is 1.67 bits per heavy atom. The summed E-state index contributed by atoms with van der Waals surface area (Å²) >= 11 is 0. The van der Waals surface area contributed by atoms with Crippen LogP contribution in [0.15, 0.2) is 72.8 Å². The maximum absolute atomic E-state index is 13.1. The third-order valence-electron chi connectivity index (χ3n) is 4.87. The van der Waals surface area contributed by atoms with Crippen LogP contribution in [-0.2, 0) is 13.2 Å². The number of carboxylic acid groups (broad SMARTS) is 1. The zero-order valence-corrected chi connectivity index (χ0v) is 18.2. The molecule has 3 rings (SSSR count). The minimum atomic E-state index is -1.15. The van der Waals surface area contributed by atoms with Crippen LogP contribution in [0.3, 0.4) is 0 Å². The van der Waals surface area contributed by atoms with Gasteiger partial charge in [-0.1, -0.05) is 36.4 Å². The fourth-order valence-electron chi connectivity index (χ4n) is 3.21. The third-order valence-corrected chi connectivity index (χ3v) is 4.87. The van der Waals surface area contributed by atoms with Gasteiger partial charge in [0.05, 0.1) is 7.11 Å². The van der Waals surface area contributed by atoms with Gasteiger partial charge in [-0.05, 0) is 47.5 Å². The molecule has 0 fully saturated rings. The Hall–Kier alpha value is -4.07. The number of amides is 2. The van der Waals surface area contributed by atoms with Gasteiger partial charge in [0.1, 0.15) is 12.4 Å². The Morgan fingerprint density at radius 3 is 2.33 bits per heavy atom. The Balaban J connectivity index is 1.73. The van der Waals surface area contributed by atoms with Gasteiger partial charge in [0.25, 0.3) is 5.91 Å². The molecule has 0 atom stereocenters. The molecule has 0 radical (unpaired) electrons. The van der Waals surface area contributed by atoms with E-state index in [1.807, 2.05) is 12.1 Å². The van der Waals surface area contributed by atoms with Crippen molar-refractivity contribution in [2.45, 2.75) is 13.2 Å². The van der Waals surface area contributed by atoms with Gasteiger partial charge >= 0.3 is 6.09 Å². The quantitative estimate of drug-likeness (QED) is 0.478. The van der Waals surface area contributed by atoms with Crippen LogP contribution in [0, 0.1) is 5.82 Å². The molecule has 0 aliphatic rings. The van der Waals surface area contributed by atoms with Gasteiger partial charge in [0.2, 0.25) is 0 Å². The zero-order valence-electron chi connectivity index (χ0n) is 18.2. The van der Waals surface area contributed by atoms with E-state index in [1.54, 1.807) is 53.4 Å². The molecule has 0 bridgehead atoms. The van der Waals surface area contributed by atoms with E-state index < -0.39 is 6.09 Å². The molecule has 0 aliphatic heterocycles. The number of nitrogens with one attached hydrogen (secondary N) is 1. The summed E-state index contributed by atoms with van der Waals surface area (Å²) in [5.74, 6) is 0.483. The van der Waals surface area contributed by atoms with E-state index in [0.717, 1.165) is 11.1 Å². The lowest BCUT2D eigenvalue weighted by atomic mass is 10.1. The van der Waals surface area contributed by atoms with Gasteiger partial charge in [0.15, 0.2) is 11.5 Å². The summed E-state index contributed by atoms with van der Waals surface area (Å²) in [6.07, 6.45) is -1.15. The van der Waals surface area contributed by atoms with E-state index in [4.69, 9.17) is 14.6 Å². The molecule has 0 saturated carbocycles. The van der Waals surface area contributed by atoms with E-state index in [1.165, 1.54) is 19.2 Å². The number of methoxy groups -OCH3 is 1. The average molecular weight is 452 g/mol. The first-order valence-electron chi connectivity index (χ1n) is 10.3. The van der Waals surface area contributed by atoms with Gasteiger partial charge in [0, 0.05) is 25.2 Å². The summed E-state index contributed by atoms with van der Waals surface area (Å²) < 4.78 is 24.4. The minimum absolute atomic E-state index is 0.101. The zero-order chi connectivity index (χ0) is 23.6. The first kappa shape index (κ1) is 23.6. The molecule has 8 heteroatoms. The number of nitrogens with zero attached hydrogens (tertiary/aromatic N) is 1. The summed E-state index contributed by atoms with van der Waals surface area (Å²) in [4.78, 5) is 25.4. The second kappa shape index (κ2) is 11.5. The number of rotatable bonds is 10. The van der Waals surface area contributed by atoms with Crippen LogP contribution in [-0.4, -0.2) is 42.2 Å². The number of hydrogen-bond acceptors (Lipinski definition) is 4. The topological polar surface area (TPSA) is 88.1 Å². The highest BCUT2D eigenvalue weighted by Crippen LogP contribution is 2.29. The number of carbonyl (C=O) groups excluding carboxylic acids is 1. The van der Waals surface area contributed by atoms with Crippen LogP contribution in [0.2, 0.25) is 0 Å². The molecule has 0 unspecified atom stereocenters. The predicted octanol–water partition coefficient (Wildman–Crippen LogP) is 4.32. The van der Waals surface area contributed by atoms with E-state index in [-0.39, 0.29) is 38.0 Å². The van der Waals surface area contributed by atoms with Gasteiger partial charge in [-0.15, -0.1) is 0 Å². The Kier molecular flexibility index (Phi) is 8.24. The molecular weight excluding hydrogens is 427 g/mol. The average Bonchev–Trinajstić information content (AvgIpc) is 2.83. The molecule has 7 nitrogen and oxygen atoms in total. The van der Waals surface area contributed by atoms with Crippen LogP contribution in [0.25, 0.3) is 0 Å². The van der Waals surface area contributed by atoms with Crippen molar-refractivity contribution < 1.29 is 28.6 Å². The predicted molar refractivity (Wildman–Crippen MR) is 121 cm³/mol. The van der Waals surface area contributed by atoms with Crippen LogP contribution in [0.4, 0.5) is 9.18 Å². The van der Waals surface area contributed by atoms with Crippen LogP contribution in [0.5, 0.6) is 11.5 Å². The highest BCUT2D eigenvalue weighted by atomic mass is 19.1. The molecule has 0 saturated heterocycles. The Labute approximate surface area is 191 Å². The molecule has 0 aliphatic carbocycles. The molecule has 2 N–H and O–H groups in total. The maximum atomic E-state index is 13.1. The first-order valence-corrected chi connectivity index (χ1v) is 10.3. The lowest BCUT2D eigenvalue weighted by Crippen LogP contribution is -2.37. The number of carbonyl (C=O) groups is 2. The lowest BCUT2D eigenvalue weighted by Gasteiger charge is -2.23. The summed E-state index contributed by atoms with van der Waals surface area (Å²) in [5.41, 5.74) is 2.12. The summed E-state index contributed by atoms with van der Waals surface area (Å²) in [7, 11) is 1.52. The van der Waals surface area contributed by atoms with Gasteiger partial charge in [-0.3, -0.25) is 4.79 Å². The van der Waals surface area contributed by atoms with Crippen molar-refractivity contribution in [2.75, 3.05) is 20.2 Å². The fourth-order valence-corrected chi connectivity index (χ4v) is 3.21. The van der Waals surface area contributed by atoms with Crippen molar-refractivity contribution in [2.24, 2.45) is 0 Å². The van der Waals surface area contributed by atoms with E-state index in [0.29, 0.717) is 17.1 Å². The van der Waals surface area contributed by atoms with Gasteiger partial charge < -0.3 is 24.8 Å². The van der Waals surface area contributed by atoms with Crippen LogP contribution >= 0.6 is 0 Å². The fraction of sp³-hybridized carbons (Fsp3) is 0.200. The van der Waals surface area contributed by atoms with Crippen molar-refractivity contribution in [1.82, 2.24) is 10.2 Å². The minimum Gasteiger partial charge on any atom is -0.493 e. The highest BCUT2D eigenvalue weighted by molar-refractivity contribution is 5.94. The SMILES string of the molecule is COc1cc(CN(CCNC(=O)O)C(=O)c2ccccc2)ccc1OCc1ccc(F)cc1. The second-order valence-electron chi connectivity index (χ2n) is 7.23. The second-order valence-corrected chi connectivity index (χ2v) is 7.23. The largest absolute Gasteiger partial charge is 0.493 e. The van der Waals surface area contributed by atoms with Crippen LogP contribution < -0.4 is 14.8 Å². The molecule has 0 heterocycles. The van der Waals surface area contributed by atoms with Crippen molar-refractivity contribution in [3.8, 4) is 11.5 Å². The number of hydrogen-bond donors (Lipinski definition) is 2. The summed E-state index contributed by atoms with van der Waals surface area (Å²) in [5, 5.41) is 11.1. The summed E-state index contributed by atoms with van der Waals surface area (Å²) in [6, 6.07) is 20.2. The smallest absolute Gasteiger partial charge is 0.404 e. The number of benzene rings is 3. The monoisotopic (exact) mass is 452 g/mol. The molecule has 172 valence electrons. The van der Waals surface area contributed by atoms with Crippen molar-refractivity contribution in [1.29, 1.82) is 0 Å². The normalized spacial score (nSPS) is 10.4. The maximum Gasteiger partial charge on any atom is 0.404 e. The summed E-state index contributed by atoms with van der Waals surface area (Å²) in [6.45, 7) is 0.800. The molecule has 0 aromatic heterocycles.